The van der Waals surface area contributed by atoms with Crippen molar-refractivity contribution in [1.29, 1.82) is 0 Å². The van der Waals surface area contributed by atoms with Gasteiger partial charge >= 0.3 is 0 Å². The Kier molecular flexibility index (Phi) is 18.5. The average molecular weight is 1730 g/mol. The molecule has 2 heterocycles. The van der Waals surface area contributed by atoms with Gasteiger partial charge in [0.15, 0.2) is 0 Å². The first-order valence-electron chi connectivity index (χ1n) is 48.1. The fourth-order valence-electron chi connectivity index (χ4n) is 27.2. The van der Waals surface area contributed by atoms with Crippen molar-refractivity contribution >= 4 is 97.1 Å². The largest absolute Gasteiger partial charge is 0.310 e. The van der Waals surface area contributed by atoms with Crippen molar-refractivity contribution in [3.8, 4) is 111 Å². The van der Waals surface area contributed by atoms with Gasteiger partial charge in [-0.1, -0.05) is 322 Å². The fraction of sp³-hybridized carbons (Fsp3) is 0.156. The molecule has 0 radical (unpaired) electrons. The molecule has 2 aromatic heterocycles. The van der Waals surface area contributed by atoms with Crippen molar-refractivity contribution in [3.05, 3.63) is 447 Å². The van der Waals surface area contributed by atoms with Crippen molar-refractivity contribution < 1.29 is 0 Å². The van der Waals surface area contributed by atoms with E-state index in [0.29, 0.717) is 0 Å². The van der Waals surface area contributed by atoms with Gasteiger partial charge < -0.3 is 9.80 Å². The normalized spacial score (nSPS) is 21.1. The zero-order chi connectivity index (χ0) is 86.7. The van der Waals surface area contributed by atoms with Crippen LogP contribution in [0.15, 0.2) is 425 Å². The quantitative estimate of drug-likeness (QED) is 0.107. The van der Waals surface area contributed by atoms with Crippen LogP contribution in [0.3, 0.4) is 0 Å². The lowest BCUT2D eigenvalue weighted by Crippen LogP contribution is -2.55. The molecule has 0 atom stereocenters. The highest BCUT2D eigenvalue weighted by atomic mass is 32.1. The molecule has 8 fully saturated rings. The lowest BCUT2D eigenvalue weighted by atomic mass is 9.43. The predicted octanol–water partition coefficient (Wildman–Crippen LogP) is 35.8. The van der Waals surface area contributed by atoms with Crippen LogP contribution in [0.1, 0.15) is 86.5 Å². The monoisotopic (exact) mass is 1730 g/mol. The third kappa shape index (κ3) is 12.7. The van der Waals surface area contributed by atoms with E-state index in [1.54, 1.807) is 22.3 Å². The molecule has 4 heteroatoms. The van der Waals surface area contributed by atoms with E-state index < -0.39 is 0 Å². The molecule has 0 saturated heterocycles. The first kappa shape index (κ1) is 77.9. The molecular formula is C128H98N2S2. The van der Waals surface area contributed by atoms with Gasteiger partial charge in [-0.2, -0.15) is 0 Å². The first-order valence-corrected chi connectivity index (χ1v) is 49.8. The van der Waals surface area contributed by atoms with Gasteiger partial charge in [-0.3, -0.25) is 0 Å². The Balaban J connectivity index is 0.000000135. The second-order valence-corrected chi connectivity index (χ2v) is 41.5. The van der Waals surface area contributed by atoms with E-state index >= 15 is 0 Å². The molecule has 0 aliphatic heterocycles. The molecule has 132 heavy (non-hydrogen) atoms. The summed E-state index contributed by atoms with van der Waals surface area (Å²) < 4.78 is 5.23. The Bertz CT molecular complexity index is 7800. The minimum Gasteiger partial charge on any atom is -0.310 e. The summed E-state index contributed by atoms with van der Waals surface area (Å²) in [5, 5.41) is 5.21. The third-order valence-electron chi connectivity index (χ3n) is 32.6. The Morgan fingerprint density at radius 3 is 0.909 bits per heavy atom. The maximum absolute atomic E-state index is 2.55. The zero-order valence-corrected chi connectivity index (χ0v) is 75.4. The molecule has 2 spiro atoms. The second kappa shape index (κ2) is 31.4. The molecule has 0 N–H and O–H groups in total. The van der Waals surface area contributed by atoms with E-state index in [-0.39, 0.29) is 10.8 Å². The van der Waals surface area contributed by atoms with E-state index in [0.717, 1.165) is 75.8 Å². The average Bonchev–Trinajstić information content (AvgIpc) is 1.49. The van der Waals surface area contributed by atoms with Gasteiger partial charge in [0.05, 0.1) is 10.4 Å². The van der Waals surface area contributed by atoms with Crippen LogP contribution >= 0.6 is 22.7 Å². The molecule has 2 nitrogen and oxygen atoms in total. The summed E-state index contributed by atoms with van der Waals surface area (Å²) in [4.78, 5) is 4.81. The van der Waals surface area contributed by atoms with Gasteiger partial charge in [0, 0.05) is 74.9 Å². The number of anilines is 6. The molecule has 30 rings (SSSR count). The molecule has 0 unspecified atom stereocenters. The van der Waals surface area contributed by atoms with Crippen LogP contribution in [0, 0.1) is 47.3 Å². The van der Waals surface area contributed by atoms with Crippen molar-refractivity contribution in [1.82, 2.24) is 0 Å². The topological polar surface area (TPSA) is 6.48 Å². The van der Waals surface area contributed by atoms with E-state index in [9.17, 15) is 0 Å². The van der Waals surface area contributed by atoms with Gasteiger partial charge in [-0.25, -0.2) is 0 Å². The van der Waals surface area contributed by atoms with E-state index in [1.165, 1.54) is 222 Å². The number of benzene rings is 18. The van der Waals surface area contributed by atoms with Crippen LogP contribution in [0.4, 0.5) is 34.1 Å². The van der Waals surface area contributed by atoms with Crippen molar-refractivity contribution in [2.24, 2.45) is 47.3 Å². The summed E-state index contributed by atoms with van der Waals surface area (Å²) in [5.74, 6) is 7.00. The lowest BCUT2D eigenvalue weighted by Gasteiger charge is -2.61. The molecule has 20 aromatic rings. The minimum absolute atomic E-state index is 0.213. The smallest absolute Gasteiger partial charge is 0.0640 e. The van der Waals surface area contributed by atoms with Crippen LogP contribution in [0.25, 0.3) is 152 Å². The van der Waals surface area contributed by atoms with Gasteiger partial charge in [0.2, 0.25) is 0 Å². The van der Waals surface area contributed by atoms with Crippen LogP contribution in [-0.2, 0) is 10.8 Å². The summed E-state index contributed by atoms with van der Waals surface area (Å²) >= 11 is 3.73. The Morgan fingerprint density at radius 1 is 0.182 bits per heavy atom. The molecule has 632 valence electrons. The summed E-state index contributed by atoms with van der Waals surface area (Å²) in [7, 11) is 0. The van der Waals surface area contributed by atoms with Crippen LogP contribution in [0.2, 0.25) is 0 Å². The number of nitrogens with zero attached hydrogens (tertiary/aromatic N) is 2. The van der Waals surface area contributed by atoms with E-state index in [1.807, 2.05) is 22.7 Å². The standard InChI is InChI=1S/2C64H49NS/c1-2-9-43(10-3-1)45-21-26-53(27-22-45)65(55-30-32-63-59(40-55)57-14-5-7-16-62(57)66-63)54-28-23-46(24-29-54)44-17-19-47(20-18-44)48-11-8-12-49(38-48)50-25-31-61-58(39-50)56-13-4-6-15-60(56)64(61)51-34-41-33-42(36-51)37-52(64)35-41;1-2-9-43(10-3-1)47-25-30-53(31-26-47)65(61-15-8-13-57-56-12-5-7-16-62(56)66-63(57)61)54-32-27-48(28-33-54)46-19-17-44(18-20-46)45-21-23-49(24-22-45)50-29-34-60-58(40-50)55-11-4-6-14-59(55)64(60)51-36-41-35-42(38-51)39-52(64)37-41/h1-32,38-42,51-52H,33-37H2;1-34,40-42,51-52H,35-39H2. The third-order valence-corrected chi connectivity index (χ3v) is 34.9. The molecule has 8 bridgehead atoms. The Labute approximate surface area is 781 Å². The van der Waals surface area contributed by atoms with Gasteiger partial charge in [-0.05, 0) is 348 Å². The number of hydrogen-bond acceptors (Lipinski definition) is 4. The number of rotatable bonds is 14. The summed E-state index contributed by atoms with van der Waals surface area (Å²) in [5.41, 5.74) is 39.6. The SMILES string of the molecule is c1ccc(-c2ccc(N(c3ccc(-c4ccc(-c5ccc(-c6ccc7c(c6)-c6ccccc6C76C7CC8CC(C7)CC6C8)cc5)cc4)cc3)c3cccc4c3sc3ccccc34)cc2)cc1.c1ccc(-c2ccc(N(c3ccc(-c4ccc(-c5cccc(-c6ccc7c(c6)-c6ccccc6C76C7CC8CC(C7)CC6C8)c5)cc4)cc3)c3ccc4sc5ccccc5c4c3)cc2)cc1. The fourth-order valence-corrected chi connectivity index (χ4v) is 29.5. The highest BCUT2D eigenvalue weighted by Gasteiger charge is 2.63. The minimum atomic E-state index is 0.213. The highest BCUT2D eigenvalue weighted by molar-refractivity contribution is 7.26. The van der Waals surface area contributed by atoms with Gasteiger partial charge in [0.25, 0.3) is 0 Å². The molecule has 0 amide bonds. The maximum atomic E-state index is 2.55. The van der Waals surface area contributed by atoms with Crippen molar-refractivity contribution in [2.75, 3.05) is 9.80 Å². The Morgan fingerprint density at radius 2 is 0.470 bits per heavy atom. The molecule has 10 aliphatic rings. The van der Waals surface area contributed by atoms with E-state index in [2.05, 4.69) is 434 Å². The predicted molar refractivity (Wildman–Crippen MR) is 558 cm³/mol. The van der Waals surface area contributed by atoms with Gasteiger partial charge in [0.1, 0.15) is 0 Å². The molecule has 10 aliphatic carbocycles. The van der Waals surface area contributed by atoms with E-state index in [4.69, 9.17) is 0 Å². The summed E-state index contributed by atoms with van der Waals surface area (Å²) in [6.07, 6.45) is 14.4. The Hall–Kier alpha value is -14.0. The first-order chi connectivity index (χ1) is 65.3. The number of fused-ring (bicyclic) bond motifs is 12. The number of thiophene rings is 2. The molecule has 18 aromatic carbocycles. The van der Waals surface area contributed by atoms with Crippen LogP contribution in [-0.4, -0.2) is 0 Å². The summed E-state index contributed by atoms with van der Waals surface area (Å²) in [6.45, 7) is 0. The van der Waals surface area contributed by atoms with Crippen molar-refractivity contribution in [2.45, 2.75) is 75.0 Å². The van der Waals surface area contributed by atoms with Crippen molar-refractivity contribution in [3.63, 3.8) is 0 Å². The van der Waals surface area contributed by atoms with Crippen LogP contribution in [0.5, 0.6) is 0 Å². The van der Waals surface area contributed by atoms with Gasteiger partial charge in [-0.15, -0.1) is 22.7 Å². The zero-order valence-electron chi connectivity index (χ0n) is 73.8. The summed E-state index contributed by atoms with van der Waals surface area (Å²) in [6, 6.07) is 159. The molecule has 8 saturated carbocycles. The molecular weight excluding hydrogens is 1630 g/mol. The maximum Gasteiger partial charge on any atom is 0.0640 e. The highest BCUT2D eigenvalue weighted by Crippen LogP contribution is 2.72. The number of hydrogen-bond donors (Lipinski definition) is 0. The second-order valence-electron chi connectivity index (χ2n) is 39.4. The lowest BCUT2D eigenvalue weighted by molar-refractivity contribution is -0.0399. The van der Waals surface area contributed by atoms with Crippen LogP contribution < -0.4 is 9.80 Å².